The number of hydrogen-bond donors (Lipinski definition) is 2. The molecule has 0 saturated carbocycles. The summed E-state index contributed by atoms with van der Waals surface area (Å²) >= 11 is 5.12. The van der Waals surface area contributed by atoms with Crippen LogP contribution in [0.15, 0.2) is 82.2 Å². The second-order valence-electron chi connectivity index (χ2n) is 7.54. The fourth-order valence-corrected chi connectivity index (χ4v) is 3.88. The molecule has 0 aliphatic rings. The van der Waals surface area contributed by atoms with Crippen LogP contribution in [0.2, 0.25) is 0 Å². The lowest BCUT2D eigenvalue weighted by molar-refractivity contribution is 0.400. The molecule has 2 aromatic carbocycles. The predicted molar refractivity (Wildman–Crippen MR) is 142 cm³/mol. The van der Waals surface area contributed by atoms with E-state index in [1.165, 1.54) is 45.4 Å². The standard InChI is InChI=1S/C25H18N4O7S/c1-32-21-16-7-8-34-22(16)24(33-2)23-18(21)20(31)14(12-36-23)10-27-29-25(37)28-26-9-13-11-35-17-6-4-3-5-15(17)19(13)30/h3-12H,1-2H3,(H2,28,29,37)/b26-9+,27-10+. The molecule has 5 rings (SSSR count). The Hall–Kier alpha value is -4.97. The summed E-state index contributed by atoms with van der Waals surface area (Å²) in [7, 11) is 2.90. The van der Waals surface area contributed by atoms with E-state index in [9.17, 15) is 9.59 Å². The van der Waals surface area contributed by atoms with E-state index in [2.05, 4.69) is 21.1 Å². The molecule has 3 heterocycles. The number of nitrogens with zero attached hydrogens (tertiary/aromatic N) is 2. The Morgan fingerprint density at radius 1 is 0.838 bits per heavy atom. The van der Waals surface area contributed by atoms with E-state index < -0.39 is 5.43 Å². The smallest absolute Gasteiger partial charge is 0.207 e. The van der Waals surface area contributed by atoms with E-state index in [1.54, 1.807) is 30.3 Å². The normalized spacial score (nSPS) is 11.6. The van der Waals surface area contributed by atoms with Crippen molar-refractivity contribution in [3.8, 4) is 11.5 Å². The number of furan rings is 1. The highest BCUT2D eigenvalue weighted by atomic mass is 32.1. The highest BCUT2D eigenvalue weighted by Crippen LogP contribution is 2.41. The molecule has 186 valence electrons. The van der Waals surface area contributed by atoms with Crippen LogP contribution in [-0.2, 0) is 0 Å². The zero-order valence-corrected chi connectivity index (χ0v) is 20.3. The summed E-state index contributed by atoms with van der Waals surface area (Å²) in [5.74, 6) is 0.569. The fraction of sp³-hybridized carbons (Fsp3) is 0.0800. The highest BCUT2D eigenvalue weighted by Gasteiger charge is 2.23. The van der Waals surface area contributed by atoms with Crippen LogP contribution in [0.3, 0.4) is 0 Å². The number of para-hydroxylation sites is 1. The quantitative estimate of drug-likeness (QED) is 0.195. The Bertz CT molecular complexity index is 1830. The molecule has 0 bridgehead atoms. The minimum atomic E-state index is -0.398. The molecule has 0 fully saturated rings. The molecule has 0 amide bonds. The minimum absolute atomic E-state index is 0.0159. The van der Waals surface area contributed by atoms with Gasteiger partial charge in [0.15, 0.2) is 11.2 Å². The number of methoxy groups -OCH3 is 2. The summed E-state index contributed by atoms with van der Waals surface area (Å²) < 4.78 is 27.5. The Kier molecular flexibility index (Phi) is 6.39. The topological polar surface area (TPSA) is 141 Å². The molecule has 0 aliphatic carbocycles. The van der Waals surface area contributed by atoms with Gasteiger partial charge in [-0.15, -0.1) is 0 Å². The maximum atomic E-state index is 13.2. The Balaban J connectivity index is 1.33. The molecule has 0 unspecified atom stereocenters. The molecule has 5 aromatic rings. The lowest BCUT2D eigenvalue weighted by Crippen LogP contribution is -2.28. The maximum absolute atomic E-state index is 13.2. The van der Waals surface area contributed by atoms with E-state index in [0.29, 0.717) is 27.7 Å². The lowest BCUT2D eigenvalue weighted by Gasteiger charge is -2.10. The van der Waals surface area contributed by atoms with Crippen molar-refractivity contribution in [3.63, 3.8) is 0 Å². The molecule has 0 saturated heterocycles. The summed E-state index contributed by atoms with van der Waals surface area (Å²) in [5, 5.41) is 9.08. The van der Waals surface area contributed by atoms with Gasteiger partial charge in [-0.1, -0.05) is 12.1 Å². The van der Waals surface area contributed by atoms with Gasteiger partial charge in [-0.2, -0.15) is 10.2 Å². The molecule has 0 atom stereocenters. The van der Waals surface area contributed by atoms with Gasteiger partial charge < -0.3 is 22.7 Å². The summed E-state index contributed by atoms with van der Waals surface area (Å²) in [6, 6.07) is 8.56. The first-order chi connectivity index (χ1) is 18.0. The fourth-order valence-electron chi connectivity index (χ4n) is 3.77. The molecule has 0 aliphatic heterocycles. The molecular formula is C25H18N4O7S. The van der Waals surface area contributed by atoms with E-state index in [-0.39, 0.29) is 38.4 Å². The molecule has 3 aromatic heterocycles. The molecule has 2 N–H and O–H groups in total. The molecule has 0 spiro atoms. The second-order valence-corrected chi connectivity index (χ2v) is 7.95. The minimum Gasteiger partial charge on any atom is -0.495 e. The third-order valence-electron chi connectivity index (χ3n) is 5.42. The van der Waals surface area contributed by atoms with Crippen LogP contribution in [0.4, 0.5) is 0 Å². The van der Waals surface area contributed by atoms with Crippen molar-refractivity contribution in [2.24, 2.45) is 10.2 Å². The zero-order chi connectivity index (χ0) is 25.9. The number of fused-ring (bicyclic) bond motifs is 3. The van der Waals surface area contributed by atoms with Gasteiger partial charge in [-0.05, 0) is 30.4 Å². The zero-order valence-electron chi connectivity index (χ0n) is 19.4. The van der Waals surface area contributed by atoms with E-state index in [0.717, 1.165) is 0 Å². The highest BCUT2D eigenvalue weighted by molar-refractivity contribution is 7.80. The Morgan fingerprint density at radius 2 is 1.51 bits per heavy atom. The summed E-state index contributed by atoms with van der Waals surface area (Å²) in [4.78, 5) is 25.7. The van der Waals surface area contributed by atoms with Gasteiger partial charge in [0.2, 0.25) is 21.7 Å². The molecule has 0 radical (unpaired) electrons. The molecule has 11 nitrogen and oxygen atoms in total. The number of rotatable bonds is 6. The van der Waals surface area contributed by atoms with E-state index >= 15 is 0 Å². The second kappa shape index (κ2) is 9.95. The van der Waals surface area contributed by atoms with Crippen LogP contribution in [0.1, 0.15) is 11.1 Å². The third-order valence-corrected chi connectivity index (χ3v) is 5.61. The van der Waals surface area contributed by atoms with Crippen molar-refractivity contribution in [2.45, 2.75) is 0 Å². The van der Waals surface area contributed by atoms with Gasteiger partial charge in [0.05, 0.1) is 54.8 Å². The van der Waals surface area contributed by atoms with Crippen molar-refractivity contribution in [2.75, 3.05) is 14.2 Å². The van der Waals surface area contributed by atoms with Gasteiger partial charge in [0.25, 0.3) is 0 Å². The SMILES string of the molecule is COc1c2occc2c(OC)c2c(=O)c(/C=N/NC(=S)N/N=C/c3coc4ccccc4c3=O)coc12. The first-order valence-corrected chi connectivity index (χ1v) is 11.1. The first kappa shape index (κ1) is 23.8. The molecule has 12 heteroatoms. The summed E-state index contributed by atoms with van der Waals surface area (Å²) in [6.07, 6.45) is 6.54. The number of benzene rings is 2. The predicted octanol–water partition coefficient (Wildman–Crippen LogP) is 3.49. The average Bonchev–Trinajstić information content (AvgIpc) is 3.39. The number of thiocarbonyl (C=S) groups is 1. The van der Waals surface area contributed by atoms with Crippen molar-refractivity contribution in [3.05, 3.63) is 80.7 Å². The largest absolute Gasteiger partial charge is 0.495 e. The Labute approximate surface area is 213 Å². The van der Waals surface area contributed by atoms with Gasteiger partial charge in [-0.25, -0.2) is 0 Å². The lowest BCUT2D eigenvalue weighted by atomic mass is 10.1. The summed E-state index contributed by atoms with van der Waals surface area (Å²) in [6.45, 7) is 0. The number of hydrazone groups is 2. The number of hydrogen-bond acceptors (Lipinski definition) is 10. The van der Waals surface area contributed by atoms with Gasteiger partial charge >= 0.3 is 0 Å². The van der Waals surface area contributed by atoms with Crippen molar-refractivity contribution in [1.29, 1.82) is 0 Å². The van der Waals surface area contributed by atoms with Crippen molar-refractivity contribution >= 4 is 62.7 Å². The number of ether oxygens (including phenoxy) is 2. The van der Waals surface area contributed by atoms with Gasteiger partial charge in [-0.3, -0.25) is 20.4 Å². The van der Waals surface area contributed by atoms with E-state index in [1.807, 2.05) is 0 Å². The van der Waals surface area contributed by atoms with Crippen LogP contribution >= 0.6 is 12.2 Å². The number of nitrogens with one attached hydrogen (secondary N) is 2. The van der Waals surface area contributed by atoms with Crippen molar-refractivity contribution in [1.82, 2.24) is 10.9 Å². The van der Waals surface area contributed by atoms with Crippen LogP contribution < -0.4 is 31.2 Å². The molecule has 37 heavy (non-hydrogen) atoms. The van der Waals surface area contributed by atoms with E-state index in [4.69, 9.17) is 34.9 Å². The Morgan fingerprint density at radius 3 is 2.24 bits per heavy atom. The molecular weight excluding hydrogens is 500 g/mol. The first-order valence-electron chi connectivity index (χ1n) is 10.7. The maximum Gasteiger partial charge on any atom is 0.207 e. The van der Waals surface area contributed by atoms with Crippen LogP contribution in [0, 0.1) is 0 Å². The third kappa shape index (κ3) is 4.29. The van der Waals surface area contributed by atoms with Crippen LogP contribution in [0.25, 0.3) is 32.9 Å². The van der Waals surface area contributed by atoms with Gasteiger partial charge in [0, 0.05) is 0 Å². The summed E-state index contributed by atoms with van der Waals surface area (Å²) in [5.41, 5.74) is 5.87. The van der Waals surface area contributed by atoms with Crippen LogP contribution in [0.5, 0.6) is 11.5 Å². The monoisotopic (exact) mass is 518 g/mol. The van der Waals surface area contributed by atoms with Gasteiger partial charge in [0.1, 0.15) is 29.2 Å². The average molecular weight is 519 g/mol. The van der Waals surface area contributed by atoms with Crippen molar-refractivity contribution < 1.29 is 22.7 Å². The van der Waals surface area contributed by atoms with Crippen LogP contribution in [-0.4, -0.2) is 31.8 Å².